The molecule has 0 fully saturated rings. The van der Waals surface area contributed by atoms with Gasteiger partial charge in [-0.05, 0) is 35.4 Å². The Kier molecular flexibility index (Phi) is 3.37. The Bertz CT molecular complexity index is 648. The summed E-state index contributed by atoms with van der Waals surface area (Å²) in [4.78, 5) is 12.2. The van der Waals surface area contributed by atoms with Gasteiger partial charge < -0.3 is 9.15 Å². The van der Waals surface area contributed by atoms with Crippen LogP contribution in [0.5, 0.6) is 5.75 Å². The molecule has 2 aromatic rings. The summed E-state index contributed by atoms with van der Waals surface area (Å²) >= 11 is 9.28. The maximum absolute atomic E-state index is 12.2. The molecule has 1 aromatic carbocycles. The lowest BCUT2D eigenvalue weighted by Crippen LogP contribution is -2.04. The van der Waals surface area contributed by atoms with Crippen molar-refractivity contribution in [1.82, 2.24) is 0 Å². The number of carbonyl (C=O) groups is 1. The predicted molar refractivity (Wildman–Crippen MR) is 75.1 cm³/mol. The molecule has 0 unspecified atom stereocenters. The molecule has 0 saturated carbocycles. The van der Waals surface area contributed by atoms with E-state index in [0.29, 0.717) is 12.2 Å². The Hall–Kier alpha value is -1.26. The molecule has 0 saturated heterocycles. The first-order valence-electron chi connectivity index (χ1n) is 5.85. The second-order valence-corrected chi connectivity index (χ2v) is 5.62. The van der Waals surface area contributed by atoms with Crippen molar-refractivity contribution in [2.45, 2.75) is 12.8 Å². The van der Waals surface area contributed by atoms with Crippen molar-refractivity contribution in [3.05, 3.63) is 50.8 Å². The van der Waals surface area contributed by atoms with E-state index in [1.165, 1.54) is 6.26 Å². The summed E-state index contributed by atoms with van der Waals surface area (Å²) in [5, 5.41) is 0.137. The third-order valence-electron chi connectivity index (χ3n) is 3.09. The predicted octanol–water partition coefficient (Wildman–Crippen LogP) is 4.06. The lowest BCUT2D eigenvalue weighted by Gasteiger charge is -2.08. The van der Waals surface area contributed by atoms with Crippen LogP contribution in [0.15, 0.2) is 33.4 Å². The monoisotopic (exact) mass is 340 g/mol. The van der Waals surface area contributed by atoms with Crippen LogP contribution in [-0.4, -0.2) is 12.4 Å². The molecule has 0 bridgehead atoms. The maximum Gasteiger partial charge on any atom is 0.203 e. The minimum absolute atomic E-state index is 0.0745. The number of Topliss-reactive ketones (excluding diaryl/α,β-unsaturated/α-hetero) is 1. The highest BCUT2D eigenvalue weighted by Crippen LogP contribution is 2.34. The minimum atomic E-state index is -0.0745. The largest absolute Gasteiger partial charge is 0.493 e. The van der Waals surface area contributed by atoms with Gasteiger partial charge in [0.15, 0.2) is 5.78 Å². The van der Waals surface area contributed by atoms with Gasteiger partial charge in [0, 0.05) is 22.9 Å². The topological polar surface area (TPSA) is 39.4 Å². The third-order valence-corrected chi connectivity index (χ3v) is 3.85. The zero-order chi connectivity index (χ0) is 13.4. The quantitative estimate of drug-likeness (QED) is 0.791. The number of fused-ring (bicyclic) bond motifs is 1. The summed E-state index contributed by atoms with van der Waals surface area (Å²) in [5.74, 6) is 0.755. The van der Waals surface area contributed by atoms with Crippen molar-refractivity contribution in [3.8, 4) is 5.75 Å². The number of halogens is 2. The van der Waals surface area contributed by atoms with E-state index in [-0.39, 0.29) is 17.4 Å². The highest BCUT2D eigenvalue weighted by molar-refractivity contribution is 9.10. The maximum atomic E-state index is 12.2. The second kappa shape index (κ2) is 5.02. The van der Waals surface area contributed by atoms with Crippen LogP contribution < -0.4 is 4.74 Å². The van der Waals surface area contributed by atoms with E-state index < -0.39 is 0 Å². The third kappa shape index (κ3) is 2.42. The van der Waals surface area contributed by atoms with E-state index in [4.69, 9.17) is 20.8 Å². The number of benzene rings is 1. The molecule has 98 valence electrons. The SMILES string of the molecule is O=C(Cc1cc(Br)cc2c1OCC2)c1ccoc1Cl. The summed E-state index contributed by atoms with van der Waals surface area (Å²) in [5.41, 5.74) is 2.42. The molecule has 19 heavy (non-hydrogen) atoms. The van der Waals surface area contributed by atoms with Gasteiger partial charge in [0.1, 0.15) is 5.75 Å². The summed E-state index contributed by atoms with van der Waals surface area (Å²) in [7, 11) is 0. The number of hydrogen-bond donors (Lipinski definition) is 0. The van der Waals surface area contributed by atoms with Gasteiger partial charge in [0.2, 0.25) is 5.22 Å². The van der Waals surface area contributed by atoms with E-state index in [9.17, 15) is 4.79 Å². The number of rotatable bonds is 3. The molecule has 3 nitrogen and oxygen atoms in total. The van der Waals surface area contributed by atoms with Gasteiger partial charge in [-0.25, -0.2) is 0 Å². The molecular weight excluding hydrogens is 332 g/mol. The van der Waals surface area contributed by atoms with Gasteiger partial charge in [0.25, 0.3) is 0 Å². The Labute approximate surface area is 123 Å². The van der Waals surface area contributed by atoms with Crippen LogP contribution in [0, 0.1) is 0 Å². The summed E-state index contributed by atoms with van der Waals surface area (Å²) in [6.45, 7) is 0.666. The number of ether oxygens (including phenoxy) is 1. The van der Waals surface area contributed by atoms with Crippen molar-refractivity contribution in [1.29, 1.82) is 0 Å². The number of ketones is 1. The van der Waals surface area contributed by atoms with Crippen LogP contribution in [0.3, 0.4) is 0 Å². The zero-order valence-corrected chi connectivity index (χ0v) is 12.3. The van der Waals surface area contributed by atoms with E-state index in [1.807, 2.05) is 12.1 Å². The van der Waals surface area contributed by atoms with E-state index in [0.717, 1.165) is 27.8 Å². The molecule has 5 heteroatoms. The highest BCUT2D eigenvalue weighted by atomic mass is 79.9. The Morgan fingerprint density at radius 1 is 1.42 bits per heavy atom. The van der Waals surface area contributed by atoms with Gasteiger partial charge >= 0.3 is 0 Å². The fraction of sp³-hybridized carbons (Fsp3) is 0.214. The number of carbonyl (C=O) groups excluding carboxylic acids is 1. The molecular formula is C14H10BrClO3. The lowest BCUT2D eigenvalue weighted by atomic mass is 10.0. The molecule has 0 N–H and O–H groups in total. The van der Waals surface area contributed by atoms with Gasteiger partial charge in [0.05, 0.1) is 18.4 Å². The normalized spacial score (nSPS) is 13.2. The number of hydrogen-bond acceptors (Lipinski definition) is 3. The summed E-state index contributed by atoms with van der Waals surface area (Å²) < 4.78 is 11.5. The van der Waals surface area contributed by atoms with Crippen LogP contribution in [0.25, 0.3) is 0 Å². The first kappa shape index (κ1) is 12.8. The molecule has 3 rings (SSSR count). The summed E-state index contributed by atoms with van der Waals surface area (Å²) in [6, 6.07) is 5.53. The highest BCUT2D eigenvalue weighted by Gasteiger charge is 2.21. The van der Waals surface area contributed by atoms with Gasteiger partial charge in [-0.2, -0.15) is 0 Å². The molecule has 1 aromatic heterocycles. The minimum Gasteiger partial charge on any atom is -0.493 e. The van der Waals surface area contributed by atoms with Crippen LogP contribution in [0.2, 0.25) is 5.22 Å². The van der Waals surface area contributed by atoms with Crippen molar-refractivity contribution in [2.24, 2.45) is 0 Å². The van der Waals surface area contributed by atoms with Crippen LogP contribution in [0.1, 0.15) is 21.5 Å². The Balaban J connectivity index is 1.92. The zero-order valence-electron chi connectivity index (χ0n) is 9.91. The van der Waals surface area contributed by atoms with Crippen molar-refractivity contribution in [2.75, 3.05) is 6.61 Å². The number of furan rings is 1. The fourth-order valence-electron chi connectivity index (χ4n) is 2.24. The molecule has 0 spiro atoms. The Morgan fingerprint density at radius 3 is 3.00 bits per heavy atom. The standard InChI is InChI=1S/C14H10BrClO3/c15-10-5-8-1-3-18-13(8)9(6-10)7-12(17)11-2-4-19-14(11)16/h2,4-6H,1,3,7H2. The molecule has 1 aliphatic rings. The summed E-state index contributed by atoms with van der Waals surface area (Å²) in [6.07, 6.45) is 2.54. The van der Waals surface area contributed by atoms with E-state index >= 15 is 0 Å². The molecule has 0 amide bonds. The van der Waals surface area contributed by atoms with Crippen LogP contribution in [-0.2, 0) is 12.8 Å². The van der Waals surface area contributed by atoms with Gasteiger partial charge in [-0.15, -0.1) is 0 Å². The molecule has 0 radical (unpaired) electrons. The smallest absolute Gasteiger partial charge is 0.203 e. The second-order valence-electron chi connectivity index (χ2n) is 4.36. The van der Waals surface area contributed by atoms with Crippen LogP contribution >= 0.6 is 27.5 Å². The average molecular weight is 342 g/mol. The van der Waals surface area contributed by atoms with Gasteiger partial charge in [-0.3, -0.25) is 4.79 Å². The lowest BCUT2D eigenvalue weighted by molar-refractivity contribution is 0.0991. The first-order valence-corrected chi connectivity index (χ1v) is 7.02. The van der Waals surface area contributed by atoms with Crippen molar-refractivity contribution < 1.29 is 13.9 Å². The van der Waals surface area contributed by atoms with Crippen molar-refractivity contribution >= 4 is 33.3 Å². The van der Waals surface area contributed by atoms with E-state index in [2.05, 4.69) is 15.9 Å². The molecule has 0 aliphatic carbocycles. The molecule has 2 heterocycles. The van der Waals surface area contributed by atoms with Gasteiger partial charge in [-0.1, -0.05) is 15.9 Å². The van der Waals surface area contributed by atoms with Crippen molar-refractivity contribution in [3.63, 3.8) is 0 Å². The molecule has 1 aliphatic heterocycles. The molecule has 0 atom stereocenters. The van der Waals surface area contributed by atoms with E-state index in [1.54, 1.807) is 6.07 Å². The van der Waals surface area contributed by atoms with Crippen LogP contribution in [0.4, 0.5) is 0 Å². The Morgan fingerprint density at radius 2 is 2.26 bits per heavy atom. The average Bonchev–Trinajstić information content (AvgIpc) is 2.97. The fourth-order valence-corrected chi connectivity index (χ4v) is 3.01. The first-order chi connectivity index (χ1) is 9.15.